The number of carbonyl (C=O) groups excluding carboxylic acids is 1. The molecule has 2 aromatic rings. The van der Waals surface area contributed by atoms with E-state index in [1.807, 2.05) is 24.3 Å². The van der Waals surface area contributed by atoms with Crippen LogP contribution in [0.5, 0.6) is 0 Å². The van der Waals surface area contributed by atoms with Crippen molar-refractivity contribution in [2.45, 2.75) is 18.9 Å². The molecule has 0 spiro atoms. The summed E-state index contributed by atoms with van der Waals surface area (Å²) < 4.78 is 14.2. The third-order valence-electron chi connectivity index (χ3n) is 4.49. The first-order valence-electron chi connectivity index (χ1n) is 8.24. The maximum Gasteiger partial charge on any atom is 0.217 e. The minimum absolute atomic E-state index is 0.0448. The van der Waals surface area contributed by atoms with Gasteiger partial charge in [-0.05, 0) is 30.7 Å². The Kier molecular flexibility index (Phi) is 4.99. The fourth-order valence-electron chi connectivity index (χ4n) is 3.29. The molecule has 24 heavy (non-hydrogen) atoms. The number of piperazine rings is 1. The van der Waals surface area contributed by atoms with E-state index in [9.17, 15) is 9.18 Å². The predicted octanol–water partition coefficient (Wildman–Crippen LogP) is 2.79. The fourth-order valence-corrected chi connectivity index (χ4v) is 3.29. The molecule has 3 rings (SSSR count). The van der Waals surface area contributed by atoms with E-state index in [1.165, 1.54) is 6.07 Å². The van der Waals surface area contributed by atoms with Crippen molar-refractivity contribution in [1.82, 2.24) is 0 Å². The summed E-state index contributed by atoms with van der Waals surface area (Å²) in [4.78, 5) is 15.6. The maximum atomic E-state index is 14.2. The minimum atomic E-state index is -0.319. The van der Waals surface area contributed by atoms with Crippen molar-refractivity contribution in [3.8, 4) is 0 Å². The van der Waals surface area contributed by atoms with Gasteiger partial charge in [-0.25, -0.2) is 4.39 Å². The Labute approximate surface area is 141 Å². The van der Waals surface area contributed by atoms with Gasteiger partial charge in [0.1, 0.15) is 5.82 Å². The molecule has 1 fully saturated rings. The average molecular weight is 327 g/mol. The summed E-state index contributed by atoms with van der Waals surface area (Å²) in [5.74, 6) is -0.546. The molecule has 2 N–H and O–H groups in total. The van der Waals surface area contributed by atoms with Crippen LogP contribution in [0.1, 0.15) is 12.8 Å². The number of nitrogens with two attached hydrogens (primary N) is 1. The van der Waals surface area contributed by atoms with Gasteiger partial charge in [-0.2, -0.15) is 0 Å². The van der Waals surface area contributed by atoms with Crippen LogP contribution in [0.25, 0.3) is 0 Å². The summed E-state index contributed by atoms with van der Waals surface area (Å²) in [6.07, 6.45) is 0.922. The highest BCUT2D eigenvalue weighted by atomic mass is 19.1. The fraction of sp³-hybridized carbons (Fsp3) is 0.316. The van der Waals surface area contributed by atoms with Gasteiger partial charge in [0.15, 0.2) is 0 Å². The SMILES string of the molecule is NC(=O)CCC1CN(c2ccccc2)CCN1c1ccccc1F. The van der Waals surface area contributed by atoms with E-state index in [2.05, 4.69) is 21.9 Å². The highest BCUT2D eigenvalue weighted by Crippen LogP contribution is 2.27. The van der Waals surface area contributed by atoms with Crippen LogP contribution >= 0.6 is 0 Å². The Morgan fingerprint density at radius 2 is 1.79 bits per heavy atom. The van der Waals surface area contributed by atoms with E-state index in [-0.39, 0.29) is 17.8 Å². The van der Waals surface area contributed by atoms with Gasteiger partial charge >= 0.3 is 0 Å². The Morgan fingerprint density at radius 1 is 1.08 bits per heavy atom. The predicted molar refractivity (Wildman–Crippen MR) is 94.6 cm³/mol. The van der Waals surface area contributed by atoms with Crippen LogP contribution in [0.2, 0.25) is 0 Å². The number of anilines is 2. The second kappa shape index (κ2) is 7.34. The standard InChI is InChI=1S/C19H22FN3O/c20-17-8-4-5-9-18(17)23-13-12-22(15-6-2-1-3-7-15)14-16(23)10-11-19(21)24/h1-9,16H,10-14H2,(H2,21,24). The van der Waals surface area contributed by atoms with Gasteiger partial charge in [-0.1, -0.05) is 30.3 Å². The number of para-hydroxylation sites is 2. The highest BCUT2D eigenvalue weighted by Gasteiger charge is 2.28. The molecule has 1 heterocycles. The zero-order chi connectivity index (χ0) is 16.9. The van der Waals surface area contributed by atoms with Crippen LogP contribution in [-0.2, 0) is 4.79 Å². The molecule has 4 nitrogen and oxygen atoms in total. The van der Waals surface area contributed by atoms with Crippen molar-refractivity contribution in [3.05, 3.63) is 60.4 Å². The molecule has 126 valence electrons. The van der Waals surface area contributed by atoms with Gasteiger partial charge in [-0.3, -0.25) is 4.79 Å². The first-order valence-corrected chi connectivity index (χ1v) is 8.24. The number of rotatable bonds is 5. The van der Waals surface area contributed by atoms with Crippen LogP contribution in [0.4, 0.5) is 15.8 Å². The van der Waals surface area contributed by atoms with Gasteiger partial charge in [0.05, 0.1) is 5.69 Å². The number of hydrogen-bond donors (Lipinski definition) is 1. The summed E-state index contributed by atoms with van der Waals surface area (Å²) in [6.45, 7) is 2.26. The summed E-state index contributed by atoms with van der Waals surface area (Å²) >= 11 is 0. The van der Waals surface area contributed by atoms with Crippen molar-refractivity contribution >= 4 is 17.3 Å². The molecular formula is C19H22FN3O. The number of benzene rings is 2. The van der Waals surface area contributed by atoms with Crippen molar-refractivity contribution in [2.75, 3.05) is 29.4 Å². The normalized spacial score (nSPS) is 17.8. The third-order valence-corrected chi connectivity index (χ3v) is 4.49. The van der Waals surface area contributed by atoms with Gasteiger partial charge in [0, 0.05) is 37.8 Å². The molecule has 2 aromatic carbocycles. The van der Waals surface area contributed by atoms with Gasteiger partial charge in [0.25, 0.3) is 0 Å². The van der Waals surface area contributed by atoms with Gasteiger partial charge < -0.3 is 15.5 Å². The van der Waals surface area contributed by atoms with E-state index in [0.717, 1.165) is 18.8 Å². The molecule has 1 unspecified atom stereocenters. The quantitative estimate of drug-likeness (QED) is 0.919. The molecule has 0 bridgehead atoms. The second-order valence-electron chi connectivity index (χ2n) is 6.09. The minimum Gasteiger partial charge on any atom is -0.370 e. The smallest absolute Gasteiger partial charge is 0.217 e. The topological polar surface area (TPSA) is 49.6 Å². The van der Waals surface area contributed by atoms with E-state index < -0.39 is 0 Å². The largest absolute Gasteiger partial charge is 0.370 e. The molecule has 0 radical (unpaired) electrons. The number of carbonyl (C=O) groups is 1. The van der Waals surface area contributed by atoms with Crippen molar-refractivity contribution in [1.29, 1.82) is 0 Å². The van der Waals surface area contributed by atoms with E-state index in [0.29, 0.717) is 25.1 Å². The molecule has 1 aliphatic heterocycles. The Hall–Kier alpha value is -2.56. The van der Waals surface area contributed by atoms with Gasteiger partial charge in [-0.15, -0.1) is 0 Å². The lowest BCUT2D eigenvalue weighted by atomic mass is 10.0. The highest BCUT2D eigenvalue weighted by molar-refractivity contribution is 5.73. The van der Waals surface area contributed by atoms with Gasteiger partial charge in [0.2, 0.25) is 5.91 Å². The van der Waals surface area contributed by atoms with Crippen LogP contribution < -0.4 is 15.5 Å². The summed E-state index contributed by atoms with van der Waals surface area (Å²) in [7, 11) is 0. The zero-order valence-corrected chi connectivity index (χ0v) is 13.6. The number of primary amides is 1. The van der Waals surface area contributed by atoms with E-state index in [4.69, 9.17) is 5.73 Å². The Bertz CT molecular complexity index is 692. The number of nitrogens with zero attached hydrogens (tertiary/aromatic N) is 2. The third kappa shape index (κ3) is 3.67. The lowest BCUT2D eigenvalue weighted by molar-refractivity contribution is -0.118. The Balaban J connectivity index is 1.82. The molecule has 0 saturated carbocycles. The lowest BCUT2D eigenvalue weighted by Gasteiger charge is -2.44. The van der Waals surface area contributed by atoms with Crippen molar-refractivity contribution in [3.63, 3.8) is 0 Å². The number of amides is 1. The molecule has 5 heteroatoms. The average Bonchev–Trinajstić information content (AvgIpc) is 2.61. The molecule has 1 saturated heterocycles. The zero-order valence-electron chi connectivity index (χ0n) is 13.6. The number of hydrogen-bond acceptors (Lipinski definition) is 3. The van der Waals surface area contributed by atoms with Crippen molar-refractivity contribution < 1.29 is 9.18 Å². The van der Waals surface area contributed by atoms with Crippen molar-refractivity contribution in [2.24, 2.45) is 5.73 Å². The van der Waals surface area contributed by atoms with Crippen LogP contribution in [0, 0.1) is 5.82 Å². The van der Waals surface area contributed by atoms with Crippen LogP contribution in [0.15, 0.2) is 54.6 Å². The molecular weight excluding hydrogens is 305 g/mol. The monoisotopic (exact) mass is 327 g/mol. The molecule has 1 aliphatic rings. The first-order chi connectivity index (χ1) is 11.6. The summed E-state index contributed by atoms with van der Waals surface area (Å²) in [6, 6.07) is 17.0. The second-order valence-corrected chi connectivity index (χ2v) is 6.09. The summed E-state index contributed by atoms with van der Waals surface area (Å²) in [5.41, 5.74) is 7.07. The van der Waals surface area contributed by atoms with Crippen LogP contribution in [0.3, 0.4) is 0 Å². The van der Waals surface area contributed by atoms with Crippen LogP contribution in [-0.4, -0.2) is 31.6 Å². The molecule has 0 aromatic heterocycles. The summed E-state index contributed by atoms with van der Waals surface area (Å²) in [5, 5.41) is 0. The Morgan fingerprint density at radius 3 is 2.50 bits per heavy atom. The number of halogens is 1. The van der Waals surface area contributed by atoms with E-state index in [1.54, 1.807) is 12.1 Å². The molecule has 1 atom stereocenters. The lowest BCUT2D eigenvalue weighted by Crippen LogP contribution is -2.54. The molecule has 0 aliphatic carbocycles. The van der Waals surface area contributed by atoms with E-state index >= 15 is 0 Å². The maximum absolute atomic E-state index is 14.2. The first kappa shape index (κ1) is 16.3. The molecule has 1 amide bonds.